The van der Waals surface area contributed by atoms with Crippen molar-refractivity contribution >= 4 is 5.91 Å². The molecule has 5 unspecified atom stereocenters. The van der Waals surface area contributed by atoms with E-state index in [9.17, 15) is 4.79 Å². The number of quaternary nitrogens is 1. The molecule has 3 heterocycles. The van der Waals surface area contributed by atoms with Crippen molar-refractivity contribution < 1.29 is 24.0 Å². The lowest BCUT2D eigenvalue weighted by molar-refractivity contribution is -0.640. The molecule has 0 aromatic heterocycles. The highest BCUT2D eigenvalue weighted by atomic mass is 19.1. The lowest BCUT2D eigenvalue weighted by atomic mass is 9.69. The van der Waals surface area contributed by atoms with Gasteiger partial charge in [0, 0.05) is 30.1 Å². The molecule has 1 amide bonds. The Morgan fingerprint density at radius 3 is 2.67 bits per heavy atom. The second-order valence-corrected chi connectivity index (χ2v) is 12.5. The van der Waals surface area contributed by atoms with Gasteiger partial charge in [-0.15, -0.1) is 0 Å². The number of piperidine rings is 1. The van der Waals surface area contributed by atoms with Crippen LogP contribution in [0.15, 0.2) is 42.5 Å². The van der Waals surface area contributed by atoms with E-state index in [0.29, 0.717) is 49.3 Å². The Balaban J connectivity index is 1.36. The summed E-state index contributed by atoms with van der Waals surface area (Å²) >= 11 is 0. The number of methoxy groups -OCH3 is 1. The fourth-order valence-corrected chi connectivity index (χ4v) is 8.36. The van der Waals surface area contributed by atoms with Crippen LogP contribution in [0, 0.1) is 17.7 Å². The molecule has 39 heavy (non-hydrogen) atoms. The first kappa shape index (κ1) is 26.8. The van der Waals surface area contributed by atoms with E-state index in [4.69, 9.17) is 9.47 Å². The van der Waals surface area contributed by atoms with Crippen molar-refractivity contribution in [2.75, 3.05) is 33.4 Å². The summed E-state index contributed by atoms with van der Waals surface area (Å²) in [5, 5.41) is 2.21. The van der Waals surface area contributed by atoms with Crippen molar-refractivity contribution in [3.63, 3.8) is 0 Å². The van der Waals surface area contributed by atoms with Gasteiger partial charge in [-0.2, -0.15) is 0 Å². The maximum atomic E-state index is 15.8. The van der Waals surface area contributed by atoms with Gasteiger partial charge in [-0.05, 0) is 62.1 Å². The van der Waals surface area contributed by atoms with Gasteiger partial charge < -0.3 is 19.7 Å². The highest BCUT2D eigenvalue weighted by molar-refractivity contribution is 5.82. The number of nitrogens with two attached hydrogens (primary N) is 1. The number of amides is 1. The molecule has 1 saturated carbocycles. The number of carbonyl (C=O) groups excluding carboxylic acids is 1. The SMILES string of the molecule is COc1ccc(F)c2c1CC(C)OCC21C[NH2+]CC1C(=O)N1CCC(c2ccccc2)CC1C1CCCCC1. The fraction of sp³-hybridized carbons (Fsp3) is 0.606. The first-order valence-corrected chi connectivity index (χ1v) is 15.2. The van der Waals surface area contributed by atoms with Gasteiger partial charge in [-0.1, -0.05) is 49.6 Å². The second-order valence-electron chi connectivity index (χ2n) is 12.5. The predicted molar refractivity (Wildman–Crippen MR) is 149 cm³/mol. The largest absolute Gasteiger partial charge is 0.496 e. The van der Waals surface area contributed by atoms with Crippen LogP contribution < -0.4 is 10.1 Å². The Bertz CT molecular complexity index is 1170. The molecular formula is C33H44FN2O3+. The van der Waals surface area contributed by atoms with E-state index in [-0.39, 0.29) is 29.8 Å². The molecule has 5 atom stereocenters. The minimum absolute atomic E-state index is 0.0632. The van der Waals surface area contributed by atoms with E-state index >= 15 is 4.39 Å². The molecule has 3 aliphatic heterocycles. The molecular weight excluding hydrogens is 491 g/mol. The number of carbonyl (C=O) groups is 1. The maximum Gasteiger partial charge on any atom is 0.232 e. The van der Waals surface area contributed by atoms with Crippen LogP contribution in [-0.4, -0.2) is 56.3 Å². The van der Waals surface area contributed by atoms with Crippen LogP contribution in [-0.2, 0) is 21.4 Å². The molecule has 5 nitrogen and oxygen atoms in total. The molecule has 1 aliphatic carbocycles. The number of benzene rings is 2. The third-order valence-corrected chi connectivity index (χ3v) is 10.3. The van der Waals surface area contributed by atoms with Gasteiger partial charge in [-0.25, -0.2) is 4.39 Å². The summed E-state index contributed by atoms with van der Waals surface area (Å²) < 4.78 is 27.9. The van der Waals surface area contributed by atoms with Crippen LogP contribution in [0.25, 0.3) is 0 Å². The van der Waals surface area contributed by atoms with Crippen LogP contribution >= 0.6 is 0 Å². The summed E-state index contributed by atoms with van der Waals surface area (Å²) in [4.78, 5) is 17.0. The summed E-state index contributed by atoms with van der Waals surface area (Å²) in [6, 6.07) is 14.3. The molecule has 210 valence electrons. The van der Waals surface area contributed by atoms with Gasteiger partial charge in [0.15, 0.2) is 0 Å². The highest BCUT2D eigenvalue weighted by Crippen LogP contribution is 2.46. The maximum absolute atomic E-state index is 15.8. The number of fused-ring (bicyclic) bond motifs is 2. The minimum Gasteiger partial charge on any atom is -0.496 e. The number of halogens is 1. The van der Waals surface area contributed by atoms with Crippen molar-refractivity contribution in [2.45, 2.75) is 81.8 Å². The fourth-order valence-electron chi connectivity index (χ4n) is 8.36. The molecule has 2 N–H and O–H groups in total. The number of hydrogen-bond donors (Lipinski definition) is 1. The van der Waals surface area contributed by atoms with E-state index in [0.717, 1.165) is 24.9 Å². The van der Waals surface area contributed by atoms with E-state index < -0.39 is 5.41 Å². The third-order valence-electron chi connectivity index (χ3n) is 10.3. The Kier molecular flexibility index (Phi) is 7.69. The number of rotatable bonds is 4. The van der Waals surface area contributed by atoms with Crippen LogP contribution in [0.2, 0.25) is 0 Å². The number of nitrogens with zero attached hydrogens (tertiary/aromatic N) is 1. The summed E-state index contributed by atoms with van der Waals surface area (Å²) in [6.07, 6.45) is 8.74. The molecule has 2 aromatic carbocycles. The Labute approximate surface area is 232 Å². The zero-order valence-corrected chi connectivity index (χ0v) is 23.5. The molecule has 0 radical (unpaired) electrons. The van der Waals surface area contributed by atoms with E-state index in [1.165, 1.54) is 43.7 Å². The van der Waals surface area contributed by atoms with Gasteiger partial charge in [0.2, 0.25) is 5.91 Å². The lowest BCUT2D eigenvalue weighted by Crippen LogP contribution is -2.82. The second kappa shape index (κ2) is 11.2. The Hall–Kier alpha value is -2.44. The molecule has 3 fully saturated rings. The first-order chi connectivity index (χ1) is 19.0. The Morgan fingerprint density at radius 1 is 1.10 bits per heavy atom. The molecule has 1 spiro atoms. The van der Waals surface area contributed by atoms with Crippen molar-refractivity contribution in [2.24, 2.45) is 11.8 Å². The minimum atomic E-state index is -0.691. The van der Waals surface area contributed by atoms with Crippen LogP contribution in [0.5, 0.6) is 5.75 Å². The zero-order chi connectivity index (χ0) is 27.0. The Morgan fingerprint density at radius 2 is 1.90 bits per heavy atom. The molecule has 6 heteroatoms. The normalized spacial score (nSPS) is 31.6. The van der Waals surface area contributed by atoms with E-state index in [1.807, 2.05) is 6.92 Å². The number of ether oxygens (including phenoxy) is 2. The summed E-state index contributed by atoms with van der Waals surface area (Å²) in [5.74, 6) is 1.38. The predicted octanol–water partition coefficient (Wildman–Crippen LogP) is 4.58. The molecule has 6 rings (SSSR count). The number of hydrogen-bond acceptors (Lipinski definition) is 3. The average Bonchev–Trinajstić information content (AvgIpc) is 3.34. The van der Waals surface area contributed by atoms with Crippen molar-refractivity contribution in [1.82, 2.24) is 4.90 Å². The van der Waals surface area contributed by atoms with E-state index in [2.05, 4.69) is 40.5 Å². The van der Waals surface area contributed by atoms with Crippen LogP contribution in [0.3, 0.4) is 0 Å². The standard InChI is InChI=1S/C33H43FN2O3/c1-22-17-26-30(38-2)14-13-28(34)31(26)33(21-39-22)20-35-19-27(33)32(37)36-16-15-25(23-9-5-3-6-10-23)18-29(36)24-11-7-4-8-12-24/h3,5-6,9-10,13-14,22,24-25,27,29,35H,4,7-8,11-12,15-21H2,1-2H3/p+1. The summed E-state index contributed by atoms with van der Waals surface area (Å²) in [5.41, 5.74) is 2.24. The monoisotopic (exact) mass is 535 g/mol. The third kappa shape index (κ3) is 4.88. The zero-order valence-electron chi connectivity index (χ0n) is 23.5. The molecule has 2 aromatic rings. The van der Waals surface area contributed by atoms with Gasteiger partial charge in [0.25, 0.3) is 0 Å². The van der Waals surface area contributed by atoms with Crippen LogP contribution in [0.1, 0.15) is 74.5 Å². The van der Waals surface area contributed by atoms with Crippen LogP contribution in [0.4, 0.5) is 4.39 Å². The molecule has 4 aliphatic rings. The van der Waals surface area contributed by atoms with Gasteiger partial charge >= 0.3 is 0 Å². The van der Waals surface area contributed by atoms with Crippen molar-refractivity contribution in [3.8, 4) is 5.75 Å². The highest BCUT2D eigenvalue weighted by Gasteiger charge is 2.57. The quantitative estimate of drug-likeness (QED) is 0.624. The van der Waals surface area contributed by atoms with Gasteiger partial charge in [-0.3, -0.25) is 4.79 Å². The first-order valence-electron chi connectivity index (χ1n) is 15.2. The van der Waals surface area contributed by atoms with Crippen molar-refractivity contribution in [3.05, 3.63) is 65.0 Å². The molecule has 2 saturated heterocycles. The van der Waals surface area contributed by atoms with Gasteiger partial charge in [0.1, 0.15) is 17.5 Å². The smallest absolute Gasteiger partial charge is 0.232 e. The summed E-state index contributed by atoms with van der Waals surface area (Å²) in [7, 11) is 1.64. The molecule has 0 bridgehead atoms. The lowest BCUT2D eigenvalue weighted by Gasteiger charge is -2.46. The summed E-state index contributed by atoms with van der Waals surface area (Å²) in [6.45, 7) is 4.50. The van der Waals surface area contributed by atoms with Gasteiger partial charge in [0.05, 0.1) is 38.3 Å². The number of likely N-dealkylation sites (tertiary alicyclic amines) is 1. The average molecular weight is 536 g/mol. The topological polar surface area (TPSA) is 55.4 Å². The van der Waals surface area contributed by atoms with E-state index in [1.54, 1.807) is 13.2 Å². The van der Waals surface area contributed by atoms with Crippen molar-refractivity contribution in [1.29, 1.82) is 0 Å².